The molecule has 0 aliphatic carbocycles. The summed E-state index contributed by atoms with van der Waals surface area (Å²) in [5.74, 6) is -0.490. The summed E-state index contributed by atoms with van der Waals surface area (Å²) < 4.78 is 0.710. The maximum atomic E-state index is 12.0. The van der Waals surface area contributed by atoms with Crippen molar-refractivity contribution in [2.75, 3.05) is 6.54 Å². The molecular formula is C19H19BrN4O4. The van der Waals surface area contributed by atoms with Crippen molar-refractivity contribution < 1.29 is 14.5 Å². The van der Waals surface area contributed by atoms with Gasteiger partial charge in [-0.15, -0.1) is 0 Å². The zero-order chi connectivity index (χ0) is 20.5. The van der Waals surface area contributed by atoms with E-state index in [0.29, 0.717) is 34.3 Å². The van der Waals surface area contributed by atoms with E-state index in [4.69, 9.17) is 0 Å². The van der Waals surface area contributed by atoms with Gasteiger partial charge in [0.1, 0.15) is 0 Å². The number of amides is 2. The fourth-order valence-electron chi connectivity index (χ4n) is 2.28. The topological polar surface area (TPSA) is 114 Å². The van der Waals surface area contributed by atoms with E-state index in [1.54, 1.807) is 37.3 Å². The van der Waals surface area contributed by atoms with Gasteiger partial charge in [0.2, 0.25) is 5.91 Å². The summed E-state index contributed by atoms with van der Waals surface area (Å²) in [5.41, 5.74) is 4.18. The predicted octanol–water partition coefficient (Wildman–Crippen LogP) is 3.41. The van der Waals surface area contributed by atoms with Crippen LogP contribution in [0, 0.1) is 10.1 Å². The summed E-state index contributed by atoms with van der Waals surface area (Å²) >= 11 is 3.32. The number of non-ortho nitro benzene ring substituents is 1. The number of rotatable bonds is 8. The second-order valence-corrected chi connectivity index (χ2v) is 6.73. The molecule has 146 valence electrons. The van der Waals surface area contributed by atoms with Crippen LogP contribution in [0.2, 0.25) is 0 Å². The lowest BCUT2D eigenvalue weighted by atomic mass is 10.1. The highest BCUT2D eigenvalue weighted by atomic mass is 79.9. The molecule has 0 heterocycles. The van der Waals surface area contributed by atoms with Crippen LogP contribution in [0.1, 0.15) is 35.7 Å². The minimum absolute atomic E-state index is 0.00911. The lowest BCUT2D eigenvalue weighted by molar-refractivity contribution is -0.384. The Balaban J connectivity index is 1.74. The number of carbonyl (C=O) groups is 2. The monoisotopic (exact) mass is 446 g/mol. The van der Waals surface area contributed by atoms with Crippen molar-refractivity contribution in [1.29, 1.82) is 0 Å². The van der Waals surface area contributed by atoms with Gasteiger partial charge in [0.25, 0.3) is 11.6 Å². The first kappa shape index (κ1) is 21.2. The fourth-order valence-corrected chi connectivity index (χ4v) is 2.75. The van der Waals surface area contributed by atoms with Gasteiger partial charge >= 0.3 is 0 Å². The number of carbonyl (C=O) groups excluding carboxylic acids is 2. The lowest BCUT2D eigenvalue weighted by Gasteiger charge is -2.06. The van der Waals surface area contributed by atoms with E-state index in [1.807, 2.05) is 6.07 Å². The number of halogens is 1. The third-order valence-corrected chi connectivity index (χ3v) is 4.52. The van der Waals surface area contributed by atoms with Crippen molar-refractivity contribution in [3.8, 4) is 0 Å². The van der Waals surface area contributed by atoms with Crippen LogP contribution < -0.4 is 10.7 Å². The highest BCUT2D eigenvalue weighted by Gasteiger charge is 2.09. The zero-order valence-electron chi connectivity index (χ0n) is 15.1. The standard InChI is InChI=1S/C19H19BrN4O4/c1-13(14-8-10-15(11-9-14)24(27)28)22-23-18(25)7-4-12-21-19(26)16-5-2-3-6-17(16)20/h2-3,5-6,8-11H,4,7,12H2,1H3,(H,21,26)(H,23,25). The Morgan fingerprint density at radius 3 is 2.46 bits per heavy atom. The maximum Gasteiger partial charge on any atom is 0.269 e. The van der Waals surface area contributed by atoms with Crippen LogP contribution in [0.25, 0.3) is 0 Å². The van der Waals surface area contributed by atoms with E-state index < -0.39 is 4.92 Å². The van der Waals surface area contributed by atoms with E-state index >= 15 is 0 Å². The van der Waals surface area contributed by atoms with E-state index in [9.17, 15) is 19.7 Å². The average Bonchev–Trinajstić information content (AvgIpc) is 2.69. The first-order valence-electron chi connectivity index (χ1n) is 8.49. The number of hydrogen-bond acceptors (Lipinski definition) is 5. The van der Waals surface area contributed by atoms with Crippen molar-refractivity contribution in [1.82, 2.24) is 10.7 Å². The molecule has 0 fully saturated rings. The molecule has 0 aromatic heterocycles. The first-order valence-corrected chi connectivity index (χ1v) is 9.28. The molecule has 8 nitrogen and oxygen atoms in total. The predicted molar refractivity (Wildman–Crippen MR) is 109 cm³/mol. The zero-order valence-corrected chi connectivity index (χ0v) is 16.7. The molecule has 0 saturated heterocycles. The summed E-state index contributed by atoms with van der Waals surface area (Å²) in [6.07, 6.45) is 0.668. The van der Waals surface area contributed by atoms with E-state index in [2.05, 4.69) is 31.8 Å². The number of nitro benzene ring substituents is 1. The second-order valence-electron chi connectivity index (χ2n) is 5.88. The van der Waals surface area contributed by atoms with Gasteiger partial charge in [0.05, 0.1) is 16.2 Å². The molecule has 0 saturated carbocycles. The molecule has 0 unspecified atom stereocenters. The SMILES string of the molecule is CC(=NNC(=O)CCCNC(=O)c1ccccc1Br)c1ccc([N+](=O)[O-])cc1. The molecule has 2 rings (SSSR count). The van der Waals surface area contributed by atoms with Crippen molar-refractivity contribution in [3.05, 3.63) is 74.2 Å². The van der Waals surface area contributed by atoms with Crippen LogP contribution in [0.15, 0.2) is 58.1 Å². The van der Waals surface area contributed by atoms with Crippen LogP contribution in [-0.4, -0.2) is 29.0 Å². The molecule has 2 aromatic rings. The van der Waals surface area contributed by atoms with Gasteiger partial charge in [0, 0.05) is 29.6 Å². The number of benzene rings is 2. The third-order valence-electron chi connectivity index (χ3n) is 3.83. The van der Waals surface area contributed by atoms with Crippen molar-refractivity contribution in [2.45, 2.75) is 19.8 Å². The number of hydrogen-bond donors (Lipinski definition) is 2. The Labute approximate surface area is 170 Å². The van der Waals surface area contributed by atoms with Crippen LogP contribution in [0.3, 0.4) is 0 Å². The minimum atomic E-state index is -0.479. The lowest BCUT2D eigenvalue weighted by Crippen LogP contribution is -2.26. The maximum absolute atomic E-state index is 12.0. The molecule has 0 bridgehead atoms. The van der Waals surface area contributed by atoms with Crippen LogP contribution in [-0.2, 0) is 4.79 Å². The van der Waals surface area contributed by atoms with Crippen LogP contribution in [0.5, 0.6) is 0 Å². The van der Waals surface area contributed by atoms with Crippen molar-refractivity contribution in [3.63, 3.8) is 0 Å². The van der Waals surface area contributed by atoms with Crippen LogP contribution in [0.4, 0.5) is 5.69 Å². The van der Waals surface area contributed by atoms with Gasteiger partial charge in [-0.3, -0.25) is 19.7 Å². The number of hydrazone groups is 1. The average molecular weight is 447 g/mol. The Hall–Kier alpha value is -3.07. The van der Waals surface area contributed by atoms with Gasteiger partial charge in [-0.05, 0) is 59.1 Å². The number of nitrogens with one attached hydrogen (secondary N) is 2. The molecule has 2 N–H and O–H groups in total. The summed E-state index contributed by atoms with van der Waals surface area (Å²) in [6.45, 7) is 2.05. The van der Waals surface area contributed by atoms with Gasteiger partial charge in [-0.2, -0.15) is 5.10 Å². The Morgan fingerprint density at radius 1 is 1.14 bits per heavy atom. The molecule has 2 aromatic carbocycles. The quantitative estimate of drug-likeness (QED) is 0.279. The summed E-state index contributed by atoms with van der Waals surface area (Å²) in [4.78, 5) is 34.1. The van der Waals surface area contributed by atoms with E-state index in [-0.39, 0.29) is 23.9 Å². The fraction of sp³-hybridized carbons (Fsp3) is 0.211. The molecule has 9 heteroatoms. The summed E-state index contributed by atoms with van der Waals surface area (Å²) in [6, 6.07) is 13.0. The van der Waals surface area contributed by atoms with Crippen molar-refractivity contribution >= 4 is 39.1 Å². The Morgan fingerprint density at radius 2 is 1.82 bits per heavy atom. The highest BCUT2D eigenvalue weighted by Crippen LogP contribution is 2.15. The first-order chi connectivity index (χ1) is 13.4. The normalized spacial score (nSPS) is 11.0. The van der Waals surface area contributed by atoms with Gasteiger partial charge in [-0.25, -0.2) is 5.43 Å². The molecule has 0 radical (unpaired) electrons. The second kappa shape index (κ2) is 10.3. The minimum Gasteiger partial charge on any atom is -0.352 e. The molecule has 2 amide bonds. The highest BCUT2D eigenvalue weighted by molar-refractivity contribution is 9.10. The number of nitro groups is 1. The number of nitrogens with zero attached hydrogens (tertiary/aromatic N) is 2. The molecule has 28 heavy (non-hydrogen) atoms. The third kappa shape index (κ3) is 6.27. The van der Waals surface area contributed by atoms with Gasteiger partial charge in [0.15, 0.2) is 0 Å². The van der Waals surface area contributed by atoms with Crippen molar-refractivity contribution in [2.24, 2.45) is 5.10 Å². The molecule has 0 aliphatic heterocycles. The Bertz CT molecular complexity index is 897. The Kier molecular flexibility index (Phi) is 7.82. The molecule has 0 aliphatic rings. The molecular weight excluding hydrogens is 428 g/mol. The van der Waals surface area contributed by atoms with E-state index in [1.165, 1.54) is 12.1 Å². The van der Waals surface area contributed by atoms with E-state index in [0.717, 1.165) is 0 Å². The molecule has 0 spiro atoms. The van der Waals surface area contributed by atoms with Crippen LogP contribution >= 0.6 is 15.9 Å². The largest absolute Gasteiger partial charge is 0.352 e. The smallest absolute Gasteiger partial charge is 0.269 e. The molecule has 0 atom stereocenters. The summed E-state index contributed by atoms with van der Waals surface area (Å²) in [5, 5.41) is 17.4. The van der Waals surface area contributed by atoms with Gasteiger partial charge < -0.3 is 5.32 Å². The van der Waals surface area contributed by atoms with Gasteiger partial charge in [-0.1, -0.05) is 12.1 Å². The summed E-state index contributed by atoms with van der Waals surface area (Å²) in [7, 11) is 0.